The third-order valence-corrected chi connectivity index (χ3v) is 4.54. The predicted molar refractivity (Wildman–Crippen MR) is 99.3 cm³/mol. The molecule has 2 heterocycles. The highest BCUT2D eigenvalue weighted by Gasteiger charge is 2.14. The highest BCUT2D eigenvalue weighted by atomic mass is 16.5. The first kappa shape index (κ1) is 15.4. The summed E-state index contributed by atoms with van der Waals surface area (Å²) in [6.07, 6.45) is 0. The van der Waals surface area contributed by atoms with Gasteiger partial charge in [-0.1, -0.05) is 12.1 Å². The van der Waals surface area contributed by atoms with E-state index in [0.717, 1.165) is 39.0 Å². The molecule has 5 heteroatoms. The Morgan fingerprint density at radius 3 is 2.32 bits per heavy atom. The lowest BCUT2D eigenvalue weighted by molar-refractivity contribution is 0.356. The van der Waals surface area contributed by atoms with Gasteiger partial charge in [0, 0.05) is 18.5 Å². The lowest BCUT2D eigenvalue weighted by atomic mass is 10.1. The van der Waals surface area contributed by atoms with Crippen LogP contribution in [0.25, 0.3) is 33.5 Å². The molecule has 0 radical (unpaired) electrons. The Kier molecular flexibility index (Phi) is 3.57. The number of imidazole rings is 1. The molecule has 0 aliphatic carbocycles. The Balaban J connectivity index is 1.97. The molecule has 0 unspecified atom stereocenters. The van der Waals surface area contributed by atoms with Crippen molar-refractivity contribution in [2.75, 3.05) is 14.2 Å². The highest BCUT2D eigenvalue weighted by Crippen LogP contribution is 2.34. The van der Waals surface area contributed by atoms with Crippen molar-refractivity contribution in [3.05, 3.63) is 48.0 Å². The molecule has 4 aromatic rings. The monoisotopic (exact) mass is 333 g/mol. The van der Waals surface area contributed by atoms with Gasteiger partial charge in [-0.25, -0.2) is 9.97 Å². The number of benzene rings is 2. The molecule has 5 nitrogen and oxygen atoms in total. The average molecular weight is 333 g/mol. The van der Waals surface area contributed by atoms with Gasteiger partial charge in [-0.05, 0) is 36.8 Å². The molecular weight excluding hydrogens is 314 g/mol. The van der Waals surface area contributed by atoms with E-state index in [-0.39, 0.29) is 0 Å². The number of nitrogens with zero attached hydrogens (tertiary/aromatic N) is 3. The summed E-state index contributed by atoms with van der Waals surface area (Å²) in [7, 11) is 5.28. The van der Waals surface area contributed by atoms with Gasteiger partial charge in [-0.3, -0.25) is 0 Å². The average Bonchev–Trinajstić information content (AvgIpc) is 2.97. The van der Waals surface area contributed by atoms with Crippen molar-refractivity contribution >= 4 is 21.9 Å². The fourth-order valence-corrected chi connectivity index (χ4v) is 3.21. The quantitative estimate of drug-likeness (QED) is 0.566. The van der Waals surface area contributed by atoms with E-state index in [0.29, 0.717) is 11.5 Å². The fraction of sp³-hybridized carbons (Fsp3) is 0.200. The zero-order chi connectivity index (χ0) is 17.6. The third-order valence-electron chi connectivity index (χ3n) is 4.54. The van der Waals surface area contributed by atoms with Crippen molar-refractivity contribution < 1.29 is 9.47 Å². The summed E-state index contributed by atoms with van der Waals surface area (Å²) >= 11 is 0. The first-order valence-electron chi connectivity index (χ1n) is 8.07. The van der Waals surface area contributed by atoms with Gasteiger partial charge in [0.1, 0.15) is 5.69 Å². The van der Waals surface area contributed by atoms with Crippen LogP contribution in [-0.4, -0.2) is 28.8 Å². The van der Waals surface area contributed by atoms with Crippen LogP contribution >= 0.6 is 0 Å². The van der Waals surface area contributed by atoms with Gasteiger partial charge in [0.2, 0.25) is 0 Å². The number of hydrogen-bond acceptors (Lipinski definition) is 4. The Labute approximate surface area is 145 Å². The van der Waals surface area contributed by atoms with Gasteiger partial charge in [0.05, 0.1) is 30.8 Å². The number of methoxy groups -OCH3 is 2. The first-order chi connectivity index (χ1) is 12.1. The molecule has 0 atom stereocenters. The molecule has 0 N–H and O–H groups in total. The number of fused-ring (bicyclic) bond motifs is 2. The fourth-order valence-electron chi connectivity index (χ4n) is 3.21. The first-order valence-corrected chi connectivity index (χ1v) is 8.07. The van der Waals surface area contributed by atoms with Crippen molar-refractivity contribution in [3.63, 3.8) is 0 Å². The van der Waals surface area contributed by atoms with Crippen LogP contribution in [0.1, 0.15) is 5.56 Å². The molecule has 2 aromatic heterocycles. The molecule has 0 fully saturated rings. The van der Waals surface area contributed by atoms with Crippen molar-refractivity contribution in [2.24, 2.45) is 7.05 Å². The second-order valence-electron chi connectivity index (χ2n) is 6.03. The molecule has 25 heavy (non-hydrogen) atoms. The van der Waals surface area contributed by atoms with E-state index in [4.69, 9.17) is 19.4 Å². The van der Waals surface area contributed by atoms with Crippen LogP contribution in [-0.2, 0) is 7.05 Å². The maximum Gasteiger partial charge on any atom is 0.162 e. The van der Waals surface area contributed by atoms with E-state index in [1.165, 1.54) is 0 Å². The van der Waals surface area contributed by atoms with Crippen LogP contribution in [0.4, 0.5) is 0 Å². The second-order valence-corrected chi connectivity index (χ2v) is 6.03. The molecule has 0 saturated heterocycles. The summed E-state index contributed by atoms with van der Waals surface area (Å²) in [4.78, 5) is 9.58. The van der Waals surface area contributed by atoms with Gasteiger partial charge in [0.15, 0.2) is 17.3 Å². The van der Waals surface area contributed by atoms with E-state index >= 15 is 0 Å². The molecule has 126 valence electrons. The van der Waals surface area contributed by atoms with E-state index in [1.54, 1.807) is 14.2 Å². The van der Waals surface area contributed by atoms with Gasteiger partial charge < -0.3 is 14.0 Å². The second kappa shape index (κ2) is 5.77. The van der Waals surface area contributed by atoms with Crippen molar-refractivity contribution in [1.82, 2.24) is 14.5 Å². The number of ether oxygens (including phenoxy) is 2. The molecule has 0 spiro atoms. The lowest BCUT2D eigenvalue weighted by Gasteiger charge is -2.11. The van der Waals surface area contributed by atoms with E-state index in [2.05, 4.69) is 23.6 Å². The van der Waals surface area contributed by atoms with Crippen LogP contribution in [0.2, 0.25) is 0 Å². The normalized spacial score (nSPS) is 11.2. The molecule has 0 saturated carbocycles. The van der Waals surface area contributed by atoms with Crippen molar-refractivity contribution in [2.45, 2.75) is 6.92 Å². The van der Waals surface area contributed by atoms with Crippen LogP contribution in [0.3, 0.4) is 0 Å². The number of para-hydroxylation sites is 2. The minimum absolute atomic E-state index is 0.670. The third kappa shape index (κ3) is 2.39. The molecule has 4 rings (SSSR count). The maximum absolute atomic E-state index is 5.42. The Hall–Kier alpha value is -3.08. The Morgan fingerprint density at radius 2 is 1.60 bits per heavy atom. The minimum Gasteiger partial charge on any atom is -0.493 e. The zero-order valence-electron chi connectivity index (χ0n) is 14.7. The van der Waals surface area contributed by atoms with E-state index < -0.39 is 0 Å². The molecule has 0 bridgehead atoms. The molecule has 0 amide bonds. The van der Waals surface area contributed by atoms with Crippen LogP contribution in [0.5, 0.6) is 11.5 Å². The Morgan fingerprint density at radius 1 is 0.880 bits per heavy atom. The Bertz CT molecular complexity index is 1100. The summed E-state index contributed by atoms with van der Waals surface area (Å²) in [5.41, 5.74) is 4.87. The molecular formula is C20H19N3O2. The number of hydrogen-bond donors (Lipinski definition) is 0. The van der Waals surface area contributed by atoms with Crippen LogP contribution in [0, 0.1) is 6.92 Å². The maximum atomic E-state index is 5.42. The SMILES string of the molecule is COc1cc2nc(-c3nc4ccccc4n3C)cc(C)c2cc1OC. The standard InChI is InChI=1S/C20H19N3O2/c1-12-9-16(20-22-14-7-5-6-8-17(14)23(20)2)21-15-11-19(25-4)18(24-3)10-13(12)15/h5-11H,1-4H3. The zero-order valence-corrected chi connectivity index (χ0v) is 14.7. The smallest absolute Gasteiger partial charge is 0.162 e. The van der Waals surface area contributed by atoms with Gasteiger partial charge in [0.25, 0.3) is 0 Å². The summed E-state index contributed by atoms with van der Waals surface area (Å²) in [5, 5.41) is 1.04. The minimum atomic E-state index is 0.670. The molecule has 0 aliphatic rings. The number of aromatic nitrogens is 3. The molecule has 0 aliphatic heterocycles. The van der Waals surface area contributed by atoms with Crippen molar-refractivity contribution in [1.29, 1.82) is 0 Å². The largest absolute Gasteiger partial charge is 0.493 e. The van der Waals surface area contributed by atoms with Gasteiger partial charge in [-0.2, -0.15) is 0 Å². The number of rotatable bonds is 3. The van der Waals surface area contributed by atoms with E-state index in [1.807, 2.05) is 37.4 Å². The van der Waals surface area contributed by atoms with Gasteiger partial charge in [-0.15, -0.1) is 0 Å². The van der Waals surface area contributed by atoms with E-state index in [9.17, 15) is 0 Å². The highest BCUT2D eigenvalue weighted by molar-refractivity contribution is 5.88. The lowest BCUT2D eigenvalue weighted by Crippen LogP contribution is -1.97. The topological polar surface area (TPSA) is 49.2 Å². The van der Waals surface area contributed by atoms with Crippen LogP contribution < -0.4 is 9.47 Å². The summed E-state index contributed by atoms with van der Waals surface area (Å²) in [5.74, 6) is 2.22. The number of pyridine rings is 1. The van der Waals surface area contributed by atoms with Crippen LogP contribution in [0.15, 0.2) is 42.5 Å². The summed E-state index contributed by atoms with van der Waals surface area (Å²) in [6.45, 7) is 2.07. The summed E-state index contributed by atoms with van der Waals surface area (Å²) < 4.78 is 12.9. The number of aryl methyl sites for hydroxylation is 2. The molecule has 2 aromatic carbocycles. The van der Waals surface area contributed by atoms with Crippen molar-refractivity contribution in [3.8, 4) is 23.0 Å². The summed E-state index contributed by atoms with van der Waals surface area (Å²) in [6, 6.07) is 14.0. The van der Waals surface area contributed by atoms with Gasteiger partial charge >= 0.3 is 0 Å². The predicted octanol–water partition coefficient (Wildman–Crippen LogP) is 4.11.